The molecule has 6 nitrogen and oxygen atoms in total. The summed E-state index contributed by atoms with van der Waals surface area (Å²) in [6.07, 6.45) is 0. The van der Waals surface area contributed by atoms with Crippen LogP contribution in [-0.2, 0) is 0 Å². The van der Waals surface area contributed by atoms with Crippen LogP contribution in [0.5, 0.6) is 5.75 Å². The van der Waals surface area contributed by atoms with Crippen LogP contribution in [0.2, 0.25) is 0 Å². The molecule has 0 amide bonds. The van der Waals surface area contributed by atoms with E-state index in [4.69, 9.17) is 22.7 Å². The molecule has 1 aromatic carbocycles. The Bertz CT molecular complexity index is 660. The van der Waals surface area contributed by atoms with Crippen molar-refractivity contribution in [3.63, 3.8) is 0 Å². The van der Waals surface area contributed by atoms with E-state index < -0.39 is 0 Å². The minimum atomic E-state index is 0.191. The summed E-state index contributed by atoms with van der Waals surface area (Å²) in [5.74, 6) is 0.776. The molecule has 104 valence electrons. The minimum Gasteiger partial charge on any atom is -0.497 e. The number of azo groups is 1. The first-order chi connectivity index (χ1) is 9.52. The number of ether oxygens (including phenoxy) is 1. The number of benzene rings is 1. The van der Waals surface area contributed by atoms with Gasteiger partial charge in [0, 0.05) is 0 Å². The first-order valence-electron chi connectivity index (χ1n) is 5.94. The molecule has 0 saturated heterocycles. The maximum atomic E-state index is 5.58. The second-order valence-electron chi connectivity index (χ2n) is 4.17. The van der Waals surface area contributed by atoms with Gasteiger partial charge in [0.15, 0.2) is 5.11 Å². The van der Waals surface area contributed by atoms with Crippen molar-refractivity contribution in [1.29, 1.82) is 0 Å². The zero-order valence-electron chi connectivity index (χ0n) is 11.5. The molecule has 0 atom stereocenters. The molecule has 0 unspecified atom stereocenters. The Kier molecular flexibility index (Phi) is 4.09. The first-order valence-corrected chi connectivity index (χ1v) is 6.35. The van der Waals surface area contributed by atoms with Crippen molar-refractivity contribution in [3.8, 4) is 5.75 Å². The van der Waals surface area contributed by atoms with Gasteiger partial charge in [0.25, 0.3) is 0 Å². The van der Waals surface area contributed by atoms with Crippen LogP contribution in [0.3, 0.4) is 0 Å². The average Bonchev–Trinajstić information content (AvgIpc) is 2.72. The highest BCUT2D eigenvalue weighted by molar-refractivity contribution is 7.80. The van der Waals surface area contributed by atoms with E-state index in [-0.39, 0.29) is 5.11 Å². The fourth-order valence-electron chi connectivity index (χ4n) is 1.75. The predicted octanol–water partition coefficient (Wildman–Crippen LogP) is 3.02. The third kappa shape index (κ3) is 2.83. The van der Waals surface area contributed by atoms with Crippen molar-refractivity contribution in [2.45, 2.75) is 13.8 Å². The minimum absolute atomic E-state index is 0.191. The largest absolute Gasteiger partial charge is 0.497 e. The number of thiocarbonyl (C=S) groups is 1. The fraction of sp³-hybridized carbons (Fsp3) is 0.231. The molecular formula is C13H15N5OS. The van der Waals surface area contributed by atoms with E-state index in [1.165, 1.54) is 4.68 Å². The molecule has 0 spiro atoms. The molecule has 2 rings (SSSR count). The molecule has 0 saturated carbocycles. The van der Waals surface area contributed by atoms with Crippen molar-refractivity contribution in [2.24, 2.45) is 16.0 Å². The van der Waals surface area contributed by atoms with E-state index in [1.807, 2.05) is 38.1 Å². The Morgan fingerprint density at radius 2 is 1.90 bits per heavy atom. The highest BCUT2D eigenvalue weighted by Gasteiger charge is 2.12. The molecule has 0 fully saturated rings. The van der Waals surface area contributed by atoms with Crippen LogP contribution in [0.4, 0.5) is 11.4 Å². The summed E-state index contributed by atoms with van der Waals surface area (Å²) in [6.45, 7) is 3.69. The van der Waals surface area contributed by atoms with Crippen LogP contribution in [0.15, 0.2) is 34.5 Å². The summed E-state index contributed by atoms with van der Waals surface area (Å²) in [5, 5.41) is 12.8. The molecule has 0 radical (unpaired) electrons. The Balaban J connectivity index is 2.29. The van der Waals surface area contributed by atoms with Crippen LogP contribution >= 0.6 is 12.2 Å². The predicted molar refractivity (Wildman–Crippen MR) is 81.1 cm³/mol. The number of aromatic nitrogens is 2. The monoisotopic (exact) mass is 289 g/mol. The topological polar surface area (TPSA) is 77.8 Å². The molecular weight excluding hydrogens is 274 g/mol. The molecule has 0 aliphatic carbocycles. The van der Waals surface area contributed by atoms with Gasteiger partial charge in [-0.1, -0.05) is 0 Å². The fourth-order valence-corrected chi connectivity index (χ4v) is 1.93. The number of methoxy groups -OCH3 is 1. The highest BCUT2D eigenvalue weighted by atomic mass is 32.1. The van der Waals surface area contributed by atoms with Crippen LogP contribution < -0.4 is 10.5 Å². The zero-order chi connectivity index (χ0) is 14.7. The van der Waals surface area contributed by atoms with Crippen LogP contribution in [0.1, 0.15) is 11.4 Å². The van der Waals surface area contributed by atoms with Crippen LogP contribution in [0, 0.1) is 13.8 Å². The molecule has 0 aliphatic rings. The van der Waals surface area contributed by atoms with Crippen molar-refractivity contribution in [2.75, 3.05) is 7.11 Å². The number of nitrogens with zero attached hydrogens (tertiary/aromatic N) is 4. The van der Waals surface area contributed by atoms with E-state index in [1.54, 1.807) is 7.11 Å². The van der Waals surface area contributed by atoms with Crippen molar-refractivity contribution < 1.29 is 4.74 Å². The molecule has 0 aliphatic heterocycles. The van der Waals surface area contributed by atoms with E-state index >= 15 is 0 Å². The van der Waals surface area contributed by atoms with Gasteiger partial charge in [0.05, 0.1) is 24.2 Å². The number of hydrogen-bond acceptors (Lipinski definition) is 5. The van der Waals surface area contributed by atoms with Crippen LogP contribution in [0.25, 0.3) is 0 Å². The summed E-state index contributed by atoms with van der Waals surface area (Å²) in [5.41, 5.74) is 8.49. The van der Waals surface area contributed by atoms with E-state index in [2.05, 4.69) is 15.3 Å². The SMILES string of the molecule is COc1ccc(N=Nc2c(C)nn(C(N)=S)c2C)cc1. The van der Waals surface area contributed by atoms with Gasteiger partial charge in [-0.3, -0.25) is 0 Å². The van der Waals surface area contributed by atoms with Gasteiger partial charge in [0.1, 0.15) is 11.4 Å². The summed E-state index contributed by atoms with van der Waals surface area (Å²) >= 11 is 4.92. The van der Waals surface area contributed by atoms with Gasteiger partial charge in [-0.2, -0.15) is 10.2 Å². The summed E-state index contributed by atoms with van der Waals surface area (Å²) in [7, 11) is 1.62. The van der Waals surface area contributed by atoms with E-state index in [0.29, 0.717) is 5.69 Å². The lowest BCUT2D eigenvalue weighted by Crippen LogP contribution is -2.21. The second-order valence-corrected chi connectivity index (χ2v) is 4.59. The molecule has 1 aromatic heterocycles. The summed E-state index contributed by atoms with van der Waals surface area (Å²) < 4.78 is 6.57. The molecule has 2 aromatic rings. The molecule has 20 heavy (non-hydrogen) atoms. The third-order valence-electron chi connectivity index (χ3n) is 2.80. The third-order valence-corrected chi connectivity index (χ3v) is 2.97. The van der Waals surface area contributed by atoms with Gasteiger partial charge in [-0.05, 0) is 50.3 Å². The van der Waals surface area contributed by atoms with E-state index in [0.717, 1.165) is 22.8 Å². The Morgan fingerprint density at radius 1 is 1.25 bits per heavy atom. The van der Waals surface area contributed by atoms with Gasteiger partial charge in [-0.25, -0.2) is 4.68 Å². The maximum Gasteiger partial charge on any atom is 0.191 e. The second kappa shape index (κ2) is 5.79. The lowest BCUT2D eigenvalue weighted by Gasteiger charge is -1.99. The Morgan fingerprint density at radius 3 is 2.40 bits per heavy atom. The summed E-state index contributed by atoms with van der Waals surface area (Å²) in [6, 6.07) is 7.30. The van der Waals surface area contributed by atoms with E-state index in [9.17, 15) is 0 Å². The van der Waals surface area contributed by atoms with Crippen molar-refractivity contribution in [1.82, 2.24) is 9.78 Å². The molecule has 7 heteroatoms. The normalized spacial score (nSPS) is 10.9. The van der Waals surface area contributed by atoms with Crippen LogP contribution in [-0.4, -0.2) is 22.0 Å². The quantitative estimate of drug-likeness (QED) is 0.696. The number of aryl methyl sites for hydroxylation is 1. The Hall–Kier alpha value is -2.28. The number of nitrogens with two attached hydrogens (primary N) is 1. The zero-order valence-corrected chi connectivity index (χ0v) is 12.3. The number of hydrogen-bond donors (Lipinski definition) is 1. The number of rotatable bonds is 3. The average molecular weight is 289 g/mol. The molecule has 1 heterocycles. The van der Waals surface area contributed by atoms with Gasteiger partial charge >= 0.3 is 0 Å². The smallest absolute Gasteiger partial charge is 0.191 e. The standard InChI is InChI=1S/C13H15N5OS/c1-8-12(9(2)18(17-8)13(14)20)16-15-10-4-6-11(19-3)7-5-10/h4-7H,1-3H3,(H2,14,20). The van der Waals surface area contributed by atoms with Crippen molar-refractivity contribution in [3.05, 3.63) is 35.7 Å². The Labute approximate surface area is 122 Å². The van der Waals surface area contributed by atoms with Gasteiger partial charge < -0.3 is 10.5 Å². The maximum absolute atomic E-state index is 5.58. The first kappa shape index (κ1) is 14.1. The van der Waals surface area contributed by atoms with Gasteiger partial charge in [0.2, 0.25) is 0 Å². The summed E-state index contributed by atoms with van der Waals surface area (Å²) in [4.78, 5) is 0. The van der Waals surface area contributed by atoms with Gasteiger partial charge in [-0.15, -0.1) is 5.11 Å². The highest BCUT2D eigenvalue weighted by Crippen LogP contribution is 2.26. The molecule has 0 bridgehead atoms. The molecule has 2 N–H and O–H groups in total. The van der Waals surface area contributed by atoms with Crippen molar-refractivity contribution >= 4 is 28.7 Å². The lowest BCUT2D eigenvalue weighted by atomic mass is 10.3. The lowest BCUT2D eigenvalue weighted by molar-refractivity contribution is 0.415.